The van der Waals surface area contributed by atoms with E-state index in [9.17, 15) is 4.79 Å². The topological polar surface area (TPSA) is 25.2 Å². The van der Waals surface area contributed by atoms with Crippen LogP contribution in [0.4, 0.5) is 0 Å². The lowest BCUT2D eigenvalue weighted by Gasteiger charge is -2.18. The molecule has 0 aliphatic carbocycles. The van der Waals surface area contributed by atoms with Gasteiger partial charge in [-0.3, -0.25) is 9.36 Å². The number of hydrogen-bond acceptors (Lipinski definition) is 2. The van der Waals surface area contributed by atoms with E-state index < -0.39 is 0 Å². The van der Waals surface area contributed by atoms with Crippen LogP contribution in [-0.4, -0.2) is 35.0 Å². The van der Waals surface area contributed by atoms with Gasteiger partial charge in [0.25, 0.3) is 5.91 Å². The Bertz CT molecular complexity index is 916. The summed E-state index contributed by atoms with van der Waals surface area (Å²) in [4.78, 5) is 15.4. The van der Waals surface area contributed by atoms with Crippen LogP contribution in [0.1, 0.15) is 28.8 Å². The second kappa shape index (κ2) is 6.77. The fraction of sp³-hybridized carbons (Fsp3) is 0.286. The first kappa shape index (κ1) is 16.6. The molecule has 0 unspecified atom stereocenters. The molecular formula is C21H21BrN2O. The third-order valence-corrected chi connectivity index (χ3v) is 5.71. The van der Waals surface area contributed by atoms with Gasteiger partial charge in [-0.25, -0.2) is 0 Å². The molecule has 1 aliphatic heterocycles. The Balaban J connectivity index is 1.78. The van der Waals surface area contributed by atoms with E-state index in [-0.39, 0.29) is 5.91 Å². The number of carbonyl (C=O) groups excluding carboxylic acids is 1. The number of halogens is 1. The Morgan fingerprint density at radius 1 is 1.20 bits per heavy atom. The predicted octanol–water partition coefficient (Wildman–Crippen LogP) is 4.73. The first-order chi connectivity index (χ1) is 12.1. The van der Waals surface area contributed by atoms with Gasteiger partial charge in [0.2, 0.25) is 0 Å². The zero-order valence-corrected chi connectivity index (χ0v) is 15.9. The number of nitrogens with zero attached hydrogens (tertiary/aromatic N) is 2. The molecule has 128 valence electrons. The number of carbonyl (C=O) groups is 1. The van der Waals surface area contributed by atoms with Crippen molar-refractivity contribution in [3.63, 3.8) is 0 Å². The summed E-state index contributed by atoms with van der Waals surface area (Å²) in [7, 11) is 2.20. The molecule has 2 heterocycles. The molecular weight excluding hydrogens is 376 g/mol. The molecule has 0 spiro atoms. The van der Waals surface area contributed by atoms with Crippen molar-refractivity contribution in [2.45, 2.75) is 25.3 Å². The molecule has 0 amide bonds. The van der Waals surface area contributed by atoms with Gasteiger partial charge < -0.3 is 4.90 Å². The number of aromatic nitrogens is 1. The summed E-state index contributed by atoms with van der Waals surface area (Å²) in [6.45, 7) is 1.16. The maximum Gasteiger partial charge on any atom is 0.262 e. The molecule has 2 aromatic carbocycles. The van der Waals surface area contributed by atoms with Crippen molar-refractivity contribution >= 4 is 32.7 Å². The van der Waals surface area contributed by atoms with Crippen LogP contribution >= 0.6 is 15.9 Å². The maximum absolute atomic E-state index is 13.0. The fourth-order valence-electron chi connectivity index (χ4n) is 3.81. The summed E-state index contributed by atoms with van der Waals surface area (Å²) in [5.74, 6) is 0.0268. The van der Waals surface area contributed by atoms with Gasteiger partial charge in [0.15, 0.2) is 0 Å². The average molecular weight is 397 g/mol. The van der Waals surface area contributed by atoms with Gasteiger partial charge in [0, 0.05) is 27.7 Å². The van der Waals surface area contributed by atoms with E-state index in [4.69, 9.17) is 0 Å². The van der Waals surface area contributed by atoms with E-state index >= 15 is 0 Å². The van der Waals surface area contributed by atoms with Crippen molar-refractivity contribution < 1.29 is 4.79 Å². The Kier molecular flexibility index (Phi) is 4.48. The Hall–Kier alpha value is -1.91. The largest absolute Gasteiger partial charge is 0.303 e. The normalized spacial score (nSPS) is 18.1. The number of rotatable bonds is 3. The molecule has 25 heavy (non-hydrogen) atoms. The van der Waals surface area contributed by atoms with Gasteiger partial charge >= 0.3 is 0 Å². The quantitative estimate of drug-likeness (QED) is 0.639. The molecule has 1 aromatic heterocycles. The summed E-state index contributed by atoms with van der Waals surface area (Å²) < 4.78 is 2.85. The minimum atomic E-state index is 0.0268. The van der Waals surface area contributed by atoms with Crippen LogP contribution in [0.25, 0.3) is 10.9 Å². The van der Waals surface area contributed by atoms with Gasteiger partial charge in [-0.2, -0.15) is 0 Å². The second-order valence-corrected chi connectivity index (χ2v) is 7.75. The number of likely N-dealkylation sites (tertiary alicyclic amines) is 1. The van der Waals surface area contributed by atoms with E-state index in [0.717, 1.165) is 23.0 Å². The zero-order valence-electron chi connectivity index (χ0n) is 14.3. The maximum atomic E-state index is 13.0. The Labute approximate surface area is 156 Å². The highest BCUT2D eigenvalue weighted by atomic mass is 79.9. The lowest BCUT2D eigenvalue weighted by atomic mass is 10.0. The van der Waals surface area contributed by atoms with E-state index in [0.29, 0.717) is 11.6 Å². The van der Waals surface area contributed by atoms with Gasteiger partial charge in [0.1, 0.15) is 0 Å². The molecule has 0 N–H and O–H groups in total. The van der Waals surface area contributed by atoms with Gasteiger partial charge in [-0.15, -0.1) is 0 Å². The lowest BCUT2D eigenvalue weighted by Crippen LogP contribution is -2.26. The standard InChI is InChI=1S/C21H21BrN2O/c1-23-11-5-8-18(23)12-16-14-24(20-10-9-17(22)13-19(16)20)21(25)15-6-3-2-4-7-15/h2-4,6-7,9-10,13-14,18H,5,8,11-12H2,1H3/t18-/m0/s1. The molecule has 0 saturated carbocycles. The lowest BCUT2D eigenvalue weighted by molar-refractivity contribution is 0.0965. The van der Waals surface area contributed by atoms with Crippen LogP contribution in [0.15, 0.2) is 59.2 Å². The first-order valence-corrected chi connectivity index (χ1v) is 9.52. The van der Waals surface area contributed by atoms with Gasteiger partial charge in [0.05, 0.1) is 5.52 Å². The first-order valence-electron chi connectivity index (χ1n) is 8.73. The molecule has 1 aliphatic rings. The molecule has 1 saturated heterocycles. The van der Waals surface area contributed by atoms with Crippen molar-refractivity contribution in [3.8, 4) is 0 Å². The van der Waals surface area contributed by atoms with Crippen molar-refractivity contribution in [1.82, 2.24) is 9.47 Å². The zero-order chi connectivity index (χ0) is 17.4. The van der Waals surface area contributed by atoms with Crippen LogP contribution in [0, 0.1) is 0 Å². The molecule has 3 nitrogen and oxygen atoms in total. The van der Waals surface area contributed by atoms with Crippen molar-refractivity contribution in [1.29, 1.82) is 0 Å². The molecule has 4 rings (SSSR count). The monoisotopic (exact) mass is 396 g/mol. The minimum absolute atomic E-state index is 0.0268. The van der Waals surface area contributed by atoms with Crippen LogP contribution in [0.2, 0.25) is 0 Å². The third kappa shape index (κ3) is 3.16. The molecule has 1 fully saturated rings. The van der Waals surface area contributed by atoms with Crippen LogP contribution in [0.5, 0.6) is 0 Å². The SMILES string of the molecule is CN1CCC[C@H]1Cc1cn(C(=O)c2ccccc2)c2ccc(Br)cc12. The summed E-state index contributed by atoms with van der Waals surface area (Å²) in [5, 5.41) is 1.17. The van der Waals surface area contributed by atoms with E-state index in [2.05, 4.69) is 33.9 Å². The summed E-state index contributed by atoms with van der Waals surface area (Å²) >= 11 is 3.58. The highest BCUT2D eigenvalue weighted by molar-refractivity contribution is 9.10. The minimum Gasteiger partial charge on any atom is -0.303 e. The molecule has 4 heteroatoms. The van der Waals surface area contributed by atoms with Crippen molar-refractivity contribution in [2.75, 3.05) is 13.6 Å². The molecule has 0 radical (unpaired) electrons. The van der Waals surface area contributed by atoms with Crippen molar-refractivity contribution in [3.05, 3.63) is 70.3 Å². The second-order valence-electron chi connectivity index (χ2n) is 6.84. The molecule has 0 bridgehead atoms. The number of hydrogen-bond donors (Lipinski definition) is 0. The number of benzene rings is 2. The number of fused-ring (bicyclic) bond motifs is 1. The summed E-state index contributed by atoms with van der Waals surface area (Å²) in [5.41, 5.74) is 2.94. The summed E-state index contributed by atoms with van der Waals surface area (Å²) in [6, 6.07) is 16.2. The van der Waals surface area contributed by atoms with Crippen molar-refractivity contribution in [2.24, 2.45) is 0 Å². The third-order valence-electron chi connectivity index (χ3n) is 5.22. The molecule has 3 aromatic rings. The van der Waals surface area contributed by atoms with Crippen LogP contribution in [-0.2, 0) is 6.42 Å². The van der Waals surface area contributed by atoms with Crippen LogP contribution < -0.4 is 0 Å². The average Bonchev–Trinajstić information content (AvgIpc) is 3.19. The van der Waals surface area contributed by atoms with Gasteiger partial charge in [-0.05, 0) is 68.8 Å². The van der Waals surface area contributed by atoms with Gasteiger partial charge in [-0.1, -0.05) is 34.1 Å². The molecule has 1 atom stereocenters. The smallest absolute Gasteiger partial charge is 0.262 e. The van der Waals surface area contributed by atoms with E-state index in [1.54, 1.807) is 4.57 Å². The van der Waals surface area contributed by atoms with Crippen LogP contribution in [0.3, 0.4) is 0 Å². The number of likely N-dealkylation sites (N-methyl/N-ethyl adjacent to an activating group) is 1. The highest BCUT2D eigenvalue weighted by Crippen LogP contribution is 2.29. The Morgan fingerprint density at radius 2 is 2.00 bits per heavy atom. The highest BCUT2D eigenvalue weighted by Gasteiger charge is 2.24. The predicted molar refractivity (Wildman–Crippen MR) is 105 cm³/mol. The Morgan fingerprint density at radius 3 is 2.72 bits per heavy atom. The van der Waals surface area contributed by atoms with E-state index in [1.807, 2.05) is 48.7 Å². The van der Waals surface area contributed by atoms with E-state index in [1.165, 1.54) is 23.8 Å². The fourth-order valence-corrected chi connectivity index (χ4v) is 4.17. The summed E-state index contributed by atoms with van der Waals surface area (Å²) in [6.07, 6.45) is 5.51.